The number of hydrogen-bond donors (Lipinski definition) is 1. The van der Waals surface area contributed by atoms with Crippen molar-refractivity contribution in [3.05, 3.63) is 42.1 Å². The molecule has 0 spiro atoms. The molecule has 2 aromatic carbocycles. The Morgan fingerprint density at radius 3 is 2.46 bits per heavy atom. The molecule has 3 rings (SSSR count). The molecule has 0 unspecified atom stereocenters. The molecule has 6 nitrogen and oxygen atoms in total. The summed E-state index contributed by atoms with van der Waals surface area (Å²) in [6.45, 7) is 4.76. The molecule has 3 aromatic rings. The van der Waals surface area contributed by atoms with Gasteiger partial charge >= 0.3 is 5.97 Å². The van der Waals surface area contributed by atoms with Crippen LogP contribution in [0.3, 0.4) is 0 Å². The number of ether oxygens (including phenoxy) is 4. The van der Waals surface area contributed by atoms with Crippen LogP contribution in [0, 0.1) is 0 Å². The molecule has 6 heteroatoms. The molecular weight excluding hydrogens is 358 g/mol. The van der Waals surface area contributed by atoms with E-state index in [1.807, 2.05) is 30.3 Å². The van der Waals surface area contributed by atoms with Crippen LogP contribution < -0.4 is 14.2 Å². The highest BCUT2D eigenvalue weighted by atomic mass is 16.5. The number of H-pyrrole nitrogens is 1. The summed E-state index contributed by atoms with van der Waals surface area (Å²) in [7, 11) is 3.19. The maximum absolute atomic E-state index is 12.6. The van der Waals surface area contributed by atoms with Gasteiger partial charge in [-0.2, -0.15) is 0 Å². The summed E-state index contributed by atoms with van der Waals surface area (Å²) in [4.78, 5) is 15.8. The maximum Gasteiger partial charge on any atom is 0.355 e. The van der Waals surface area contributed by atoms with Gasteiger partial charge in [-0.25, -0.2) is 4.79 Å². The smallest absolute Gasteiger partial charge is 0.355 e. The third-order valence-corrected chi connectivity index (χ3v) is 4.40. The average Bonchev–Trinajstić information content (AvgIpc) is 3.10. The van der Waals surface area contributed by atoms with Gasteiger partial charge < -0.3 is 23.9 Å². The van der Waals surface area contributed by atoms with Gasteiger partial charge in [0.15, 0.2) is 0 Å². The van der Waals surface area contributed by atoms with Crippen molar-refractivity contribution < 1.29 is 23.7 Å². The van der Waals surface area contributed by atoms with E-state index in [0.717, 1.165) is 34.2 Å². The number of aromatic amines is 1. The molecule has 0 saturated carbocycles. The first-order chi connectivity index (χ1) is 13.6. The van der Waals surface area contributed by atoms with Crippen molar-refractivity contribution in [3.63, 3.8) is 0 Å². The van der Waals surface area contributed by atoms with Crippen molar-refractivity contribution in [3.8, 4) is 28.4 Å². The van der Waals surface area contributed by atoms with Gasteiger partial charge in [0.1, 0.15) is 22.9 Å². The van der Waals surface area contributed by atoms with Crippen molar-refractivity contribution >= 4 is 16.9 Å². The van der Waals surface area contributed by atoms with Gasteiger partial charge in [-0.1, -0.05) is 6.92 Å². The number of nitrogens with one attached hydrogen (secondary N) is 1. The second kappa shape index (κ2) is 8.69. The topological polar surface area (TPSA) is 69.8 Å². The predicted octanol–water partition coefficient (Wildman–Crippen LogP) is 4.82. The van der Waals surface area contributed by atoms with E-state index >= 15 is 0 Å². The number of rotatable bonds is 8. The molecule has 0 amide bonds. The third-order valence-electron chi connectivity index (χ3n) is 4.40. The molecule has 1 heterocycles. The van der Waals surface area contributed by atoms with Crippen molar-refractivity contribution in [2.24, 2.45) is 0 Å². The lowest BCUT2D eigenvalue weighted by molar-refractivity contribution is 0.0521. The Labute approximate surface area is 164 Å². The molecule has 0 atom stereocenters. The van der Waals surface area contributed by atoms with E-state index in [4.69, 9.17) is 18.9 Å². The SMILES string of the molecule is CCCOc1ccc2[nH]c(C(=O)OCC)c(-c3ccc(OC)cc3OC)c2c1. The Morgan fingerprint density at radius 2 is 1.79 bits per heavy atom. The van der Waals surface area contributed by atoms with Crippen LogP contribution in [-0.2, 0) is 4.74 Å². The van der Waals surface area contributed by atoms with Gasteiger partial charge in [0, 0.05) is 28.1 Å². The largest absolute Gasteiger partial charge is 0.497 e. The summed E-state index contributed by atoms with van der Waals surface area (Å²) in [6, 6.07) is 11.2. The van der Waals surface area contributed by atoms with Gasteiger partial charge in [0.25, 0.3) is 0 Å². The number of fused-ring (bicyclic) bond motifs is 1. The minimum absolute atomic E-state index is 0.290. The fraction of sp³-hybridized carbons (Fsp3) is 0.318. The minimum atomic E-state index is -0.414. The zero-order chi connectivity index (χ0) is 20.1. The summed E-state index contributed by atoms with van der Waals surface area (Å²) in [5, 5.41) is 0.861. The zero-order valence-electron chi connectivity index (χ0n) is 16.6. The van der Waals surface area contributed by atoms with Gasteiger partial charge in [-0.05, 0) is 43.7 Å². The van der Waals surface area contributed by atoms with E-state index in [-0.39, 0.29) is 6.61 Å². The second-order valence-electron chi connectivity index (χ2n) is 6.22. The summed E-state index contributed by atoms with van der Waals surface area (Å²) in [5.74, 6) is 1.61. The maximum atomic E-state index is 12.6. The second-order valence-corrected chi connectivity index (χ2v) is 6.22. The Morgan fingerprint density at radius 1 is 1.00 bits per heavy atom. The van der Waals surface area contributed by atoms with Crippen molar-refractivity contribution in [2.75, 3.05) is 27.4 Å². The summed E-state index contributed by atoms with van der Waals surface area (Å²) in [5.41, 5.74) is 2.69. The third kappa shape index (κ3) is 3.76. The molecule has 28 heavy (non-hydrogen) atoms. The van der Waals surface area contributed by atoms with Crippen LogP contribution in [0.2, 0.25) is 0 Å². The van der Waals surface area contributed by atoms with Gasteiger partial charge in [0.05, 0.1) is 27.4 Å². The molecule has 148 valence electrons. The lowest BCUT2D eigenvalue weighted by Crippen LogP contribution is -2.06. The molecule has 0 aliphatic heterocycles. The fourth-order valence-corrected chi connectivity index (χ4v) is 3.12. The van der Waals surface area contributed by atoms with Crippen LogP contribution in [0.5, 0.6) is 17.2 Å². The van der Waals surface area contributed by atoms with Gasteiger partial charge in [-0.15, -0.1) is 0 Å². The highest BCUT2D eigenvalue weighted by molar-refractivity contribution is 6.09. The normalized spacial score (nSPS) is 10.7. The Kier molecular flexibility index (Phi) is 6.09. The Balaban J connectivity index is 2.24. The summed E-state index contributed by atoms with van der Waals surface area (Å²) in [6.07, 6.45) is 0.915. The summed E-state index contributed by atoms with van der Waals surface area (Å²) < 4.78 is 21.9. The first-order valence-corrected chi connectivity index (χ1v) is 9.30. The minimum Gasteiger partial charge on any atom is -0.497 e. The quantitative estimate of drug-likeness (QED) is 0.565. The standard InChI is InChI=1S/C22H25NO5/c1-5-11-28-15-8-10-18-17(12-15)20(21(23-18)22(24)27-6-2)16-9-7-14(25-3)13-19(16)26-4/h7-10,12-13,23H,5-6,11H2,1-4H3. The number of carbonyl (C=O) groups is 1. The van der Waals surface area contributed by atoms with Crippen LogP contribution in [-0.4, -0.2) is 38.4 Å². The molecule has 1 aromatic heterocycles. The van der Waals surface area contributed by atoms with E-state index in [9.17, 15) is 4.79 Å². The lowest BCUT2D eigenvalue weighted by atomic mass is 10.00. The van der Waals surface area contributed by atoms with Crippen molar-refractivity contribution in [2.45, 2.75) is 20.3 Å². The number of benzene rings is 2. The van der Waals surface area contributed by atoms with Crippen LogP contribution >= 0.6 is 0 Å². The van der Waals surface area contributed by atoms with Crippen LogP contribution in [0.15, 0.2) is 36.4 Å². The molecule has 0 bridgehead atoms. The highest BCUT2D eigenvalue weighted by Gasteiger charge is 2.23. The number of esters is 1. The molecule has 0 saturated heterocycles. The van der Waals surface area contributed by atoms with Gasteiger partial charge in [0.2, 0.25) is 0 Å². The molecule has 0 fully saturated rings. The zero-order valence-corrected chi connectivity index (χ0v) is 16.6. The summed E-state index contributed by atoms with van der Waals surface area (Å²) >= 11 is 0. The Bertz CT molecular complexity index is 976. The molecule has 0 aliphatic carbocycles. The van der Waals surface area contributed by atoms with Crippen LogP contribution in [0.4, 0.5) is 0 Å². The molecule has 0 radical (unpaired) electrons. The lowest BCUT2D eigenvalue weighted by Gasteiger charge is -2.12. The Hall–Kier alpha value is -3.15. The first-order valence-electron chi connectivity index (χ1n) is 9.30. The predicted molar refractivity (Wildman–Crippen MR) is 109 cm³/mol. The van der Waals surface area contributed by atoms with E-state index < -0.39 is 5.97 Å². The van der Waals surface area contributed by atoms with Crippen LogP contribution in [0.25, 0.3) is 22.0 Å². The number of hydrogen-bond acceptors (Lipinski definition) is 5. The number of methoxy groups -OCH3 is 2. The van der Waals surface area contributed by atoms with E-state index in [1.54, 1.807) is 27.2 Å². The molecular formula is C22H25NO5. The highest BCUT2D eigenvalue weighted by Crippen LogP contribution is 2.41. The molecule has 0 aliphatic rings. The number of carbonyl (C=O) groups excluding carboxylic acids is 1. The van der Waals surface area contributed by atoms with E-state index in [1.165, 1.54) is 0 Å². The monoisotopic (exact) mass is 383 g/mol. The van der Waals surface area contributed by atoms with Crippen LogP contribution in [0.1, 0.15) is 30.8 Å². The average molecular weight is 383 g/mol. The first kappa shape index (κ1) is 19.6. The number of aromatic nitrogens is 1. The van der Waals surface area contributed by atoms with Crippen molar-refractivity contribution in [1.82, 2.24) is 4.98 Å². The van der Waals surface area contributed by atoms with E-state index in [0.29, 0.717) is 23.8 Å². The van der Waals surface area contributed by atoms with E-state index in [2.05, 4.69) is 11.9 Å². The fourth-order valence-electron chi connectivity index (χ4n) is 3.12. The van der Waals surface area contributed by atoms with Crippen molar-refractivity contribution in [1.29, 1.82) is 0 Å². The van der Waals surface area contributed by atoms with Gasteiger partial charge in [-0.3, -0.25) is 0 Å². The molecule has 1 N–H and O–H groups in total.